The number of H-pyrrole nitrogens is 6. The molecule has 0 bridgehead atoms. The van der Waals surface area contributed by atoms with E-state index in [1.54, 1.807) is 59.5 Å². The summed E-state index contributed by atoms with van der Waals surface area (Å²) in [5, 5.41) is 32.6. The topological polar surface area (TPSA) is 368 Å². The van der Waals surface area contributed by atoms with Crippen molar-refractivity contribution in [2.24, 2.45) is 20.7 Å². The molecule has 288 valence electrons. The molecule has 3 rings (SSSR count). The summed E-state index contributed by atoms with van der Waals surface area (Å²) in [6.45, 7) is 8.85. The highest BCUT2D eigenvalue weighted by molar-refractivity contribution is 8.13. The molecule has 22 nitrogen and oxygen atoms in total. The highest BCUT2D eigenvalue weighted by Gasteiger charge is 2.06. The normalized spacial score (nSPS) is 9.75. The summed E-state index contributed by atoms with van der Waals surface area (Å²) in [6.07, 6.45) is 6.88. The van der Waals surface area contributed by atoms with Crippen LogP contribution in [0.2, 0.25) is 0 Å². The van der Waals surface area contributed by atoms with Gasteiger partial charge in [-0.1, -0.05) is 11.8 Å². The quantitative estimate of drug-likeness (QED) is 0.0589. The molecule has 0 atom stereocenters. The molecule has 3 aromatic rings. The number of nitrogens with two attached hydrogens (primary N) is 1. The Kier molecular flexibility index (Phi) is 26.7. The van der Waals surface area contributed by atoms with Gasteiger partial charge in [-0.2, -0.15) is 47.8 Å². The monoisotopic (exact) mass is 794 g/mol. The lowest BCUT2D eigenvalue weighted by atomic mass is 10.2. The van der Waals surface area contributed by atoms with Crippen LogP contribution in [-0.4, -0.2) is 60.0 Å². The first kappa shape index (κ1) is 51.3. The molecule has 0 amide bonds. The van der Waals surface area contributed by atoms with Gasteiger partial charge in [0, 0.05) is 53.1 Å². The third-order valence-electron chi connectivity index (χ3n) is 5.90. The first-order valence-electron chi connectivity index (χ1n) is 14.2. The summed E-state index contributed by atoms with van der Waals surface area (Å²) >= 11 is 1.27. The Balaban J connectivity index is -0.000000656. The third-order valence-corrected chi connectivity index (χ3v) is 6.52. The Labute approximate surface area is 319 Å². The van der Waals surface area contributed by atoms with Gasteiger partial charge < -0.3 is 26.0 Å². The van der Waals surface area contributed by atoms with Crippen molar-refractivity contribution in [3.63, 3.8) is 0 Å². The zero-order valence-electron chi connectivity index (χ0n) is 29.7. The number of guanidine groups is 1. The summed E-state index contributed by atoms with van der Waals surface area (Å²) in [4.78, 5) is 91.2. The van der Waals surface area contributed by atoms with Gasteiger partial charge in [0.25, 0.3) is 16.7 Å². The third kappa shape index (κ3) is 19.8. The van der Waals surface area contributed by atoms with E-state index >= 15 is 0 Å². The largest absolute Gasteiger partial charge is 0.350 e. The molecule has 0 spiro atoms. The van der Waals surface area contributed by atoms with Gasteiger partial charge in [-0.05, 0) is 40.9 Å². The van der Waals surface area contributed by atoms with Gasteiger partial charge >= 0.3 is 17.1 Å². The van der Waals surface area contributed by atoms with Gasteiger partial charge in [-0.25, -0.2) is 14.4 Å². The molecule has 0 unspecified atom stereocenters. The van der Waals surface area contributed by atoms with Crippen molar-refractivity contribution in [3.05, 3.63) is 96.3 Å². The number of hydrogen-bond acceptors (Lipinski definition) is 14. The number of amidine groups is 1. The number of aromatic amines is 6. The van der Waals surface area contributed by atoms with Gasteiger partial charge in [-0.15, -0.1) is 0 Å². The van der Waals surface area contributed by atoms with Crippen molar-refractivity contribution < 1.29 is 0 Å². The first-order valence-corrected chi connectivity index (χ1v) is 15.5. The SMILES string of the molecule is CC(C)=NC#N.CN=C(NC#N)NCc1[nH]c(=O)[nH]c(=O)c1C.CSC(=NCc1[nH]c(=O)[nH]c(=O)c1C)NC#N.Cc1c(CN)[nH]c(=O)[nH]c1=O.S.S. The van der Waals surface area contributed by atoms with E-state index in [4.69, 9.17) is 21.5 Å². The highest BCUT2D eigenvalue weighted by atomic mass is 32.2. The maximum Gasteiger partial charge on any atom is 0.325 e. The van der Waals surface area contributed by atoms with Crippen LogP contribution in [-0.2, 0) is 19.6 Å². The average molecular weight is 795 g/mol. The van der Waals surface area contributed by atoms with Gasteiger partial charge in [0.2, 0.25) is 12.2 Å². The Morgan fingerprint density at radius 1 is 0.736 bits per heavy atom. The lowest BCUT2D eigenvalue weighted by Gasteiger charge is -2.08. The fourth-order valence-electron chi connectivity index (χ4n) is 3.18. The standard InChI is InChI=1S/C9H12N6O2.C9H11N5O2S.C6H9N3O2.C4H6N2.2H2S/c1-5-6(14-9(17)15-7(5)16)3-12-8(11-2)13-4-10;1-5-6(13-8(16)14-7(5)15)3-11-9(17-2)12-4-10;1-3-4(2-7)8-6(11)9-5(3)10;1-4(2)6-3-5;;/h3H2,1-2H3,(H2,11,12,13)(H2,14,15,16,17);3H2,1-2H3,(H,11,12)(H2,13,14,15,16);2,7H2,1H3,(H2,8,9,10,11);1-2H3;2*1H2. The number of rotatable bonds is 5. The predicted octanol–water partition coefficient (Wildman–Crippen LogP) is -1.82. The Morgan fingerprint density at radius 3 is 1.55 bits per heavy atom. The Hall–Kier alpha value is -6.07. The predicted molar refractivity (Wildman–Crippen MR) is 213 cm³/mol. The molecule has 0 aliphatic rings. The lowest BCUT2D eigenvalue weighted by molar-refractivity contribution is 0.809. The van der Waals surface area contributed by atoms with Crippen molar-refractivity contribution in [2.45, 2.75) is 54.3 Å². The van der Waals surface area contributed by atoms with Crippen LogP contribution in [0.1, 0.15) is 47.6 Å². The van der Waals surface area contributed by atoms with E-state index in [1.807, 2.05) is 0 Å². The molecule has 11 N–H and O–H groups in total. The summed E-state index contributed by atoms with van der Waals surface area (Å²) in [6, 6.07) is 0. The minimum Gasteiger partial charge on any atom is -0.350 e. The number of hydrogen-bond donors (Lipinski definition) is 10. The van der Waals surface area contributed by atoms with E-state index in [9.17, 15) is 28.8 Å². The van der Waals surface area contributed by atoms with Crippen molar-refractivity contribution in [1.82, 2.24) is 45.9 Å². The van der Waals surface area contributed by atoms with E-state index in [1.165, 1.54) is 18.8 Å². The van der Waals surface area contributed by atoms with Crippen molar-refractivity contribution >= 4 is 55.6 Å². The molecule has 0 radical (unpaired) electrons. The van der Waals surface area contributed by atoms with Crippen LogP contribution in [0.3, 0.4) is 0 Å². The number of nitrogens with zero attached hydrogens (tertiary/aromatic N) is 6. The molecule has 0 saturated heterocycles. The number of nitrogens with one attached hydrogen (secondary N) is 9. The van der Waals surface area contributed by atoms with Crippen LogP contribution in [0.25, 0.3) is 0 Å². The second-order valence-corrected chi connectivity index (χ2v) is 10.4. The van der Waals surface area contributed by atoms with Crippen LogP contribution in [0, 0.1) is 55.1 Å². The molecule has 53 heavy (non-hydrogen) atoms. The smallest absolute Gasteiger partial charge is 0.325 e. The molecule has 0 aromatic carbocycles. The van der Waals surface area contributed by atoms with Gasteiger partial charge in [0.15, 0.2) is 17.6 Å². The fraction of sp³-hybridized carbons (Fsp3) is 0.357. The number of thioether (sulfide) groups is 1. The number of aliphatic imine (C=N–C) groups is 3. The summed E-state index contributed by atoms with van der Waals surface area (Å²) in [7, 11) is 1.50. The van der Waals surface area contributed by atoms with E-state index < -0.39 is 28.2 Å². The molecule has 25 heteroatoms. The molecule has 3 aromatic heterocycles. The summed E-state index contributed by atoms with van der Waals surface area (Å²) in [5.74, 6) is 0.257. The minimum absolute atomic E-state index is 0. The van der Waals surface area contributed by atoms with E-state index in [-0.39, 0.29) is 58.1 Å². The molecular weight excluding hydrogens is 753 g/mol. The number of aromatic nitrogens is 6. The first-order chi connectivity index (χ1) is 24.1. The summed E-state index contributed by atoms with van der Waals surface area (Å²) in [5.41, 5.74) is 5.82. The Bertz CT molecular complexity index is 2210. The fourth-order valence-corrected chi connectivity index (χ4v) is 3.53. The van der Waals surface area contributed by atoms with Crippen LogP contribution in [0.15, 0.2) is 43.7 Å². The maximum absolute atomic E-state index is 11.3. The van der Waals surface area contributed by atoms with Crippen molar-refractivity contribution in [2.75, 3.05) is 13.3 Å². The van der Waals surface area contributed by atoms with Crippen LogP contribution in [0.5, 0.6) is 0 Å². The molecule has 0 fully saturated rings. The maximum atomic E-state index is 11.3. The zero-order chi connectivity index (χ0) is 39.1. The van der Waals surface area contributed by atoms with E-state index in [0.29, 0.717) is 38.9 Å². The minimum atomic E-state index is -0.569. The number of nitriles is 3. The van der Waals surface area contributed by atoms with Crippen molar-refractivity contribution in [3.8, 4) is 18.6 Å². The van der Waals surface area contributed by atoms with E-state index in [2.05, 4.69) is 60.8 Å². The molecule has 0 aliphatic carbocycles. The second kappa shape index (κ2) is 27.6. The van der Waals surface area contributed by atoms with Gasteiger partial charge in [0.1, 0.15) is 0 Å². The van der Waals surface area contributed by atoms with Crippen LogP contribution >= 0.6 is 38.8 Å². The molecule has 3 heterocycles. The summed E-state index contributed by atoms with van der Waals surface area (Å²) < 4.78 is 0. The van der Waals surface area contributed by atoms with Crippen LogP contribution < -0.4 is 55.4 Å². The zero-order valence-corrected chi connectivity index (χ0v) is 32.6. The molecule has 0 aliphatic heterocycles. The molecule has 0 saturated carbocycles. The average Bonchev–Trinajstić information content (AvgIpc) is 3.07. The van der Waals surface area contributed by atoms with Gasteiger partial charge in [-0.3, -0.25) is 50.0 Å². The second-order valence-electron chi connectivity index (χ2n) is 9.62. The Morgan fingerprint density at radius 2 is 1.17 bits per heavy atom. The highest BCUT2D eigenvalue weighted by Crippen LogP contribution is 2.01. The van der Waals surface area contributed by atoms with E-state index in [0.717, 1.165) is 5.71 Å². The molecular formula is C28H42N16O6S3. The lowest BCUT2D eigenvalue weighted by Crippen LogP contribution is -2.36. The van der Waals surface area contributed by atoms with Crippen molar-refractivity contribution in [1.29, 1.82) is 15.8 Å². The van der Waals surface area contributed by atoms with Gasteiger partial charge in [0.05, 0.1) is 13.1 Å². The van der Waals surface area contributed by atoms with Crippen LogP contribution in [0.4, 0.5) is 0 Å².